The number of hydrogen-bond donors (Lipinski definition) is 1. The summed E-state index contributed by atoms with van der Waals surface area (Å²) in [6.07, 6.45) is 0.881. The van der Waals surface area contributed by atoms with Gasteiger partial charge in [0.05, 0.1) is 6.61 Å². The Balaban J connectivity index is 1.79. The summed E-state index contributed by atoms with van der Waals surface area (Å²) >= 11 is 1.61. The third-order valence-electron chi connectivity index (χ3n) is 2.76. The van der Waals surface area contributed by atoms with E-state index in [1.165, 1.54) is 11.1 Å². The molecular weight excluding hydrogens is 258 g/mol. The fourth-order valence-electron chi connectivity index (χ4n) is 1.65. The molecule has 0 aliphatic rings. The summed E-state index contributed by atoms with van der Waals surface area (Å²) in [5.74, 6) is 2.73. The summed E-state index contributed by atoms with van der Waals surface area (Å²) in [7, 11) is 0. The largest absolute Gasteiger partial charge is 0.492 e. The van der Waals surface area contributed by atoms with E-state index in [1.807, 2.05) is 0 Å². The Morgan fingerprint density at radius 2 is 2.16 bits per heavy atom. The molecule has 2 aromatic rings. The van der Waals surface area contributed by atoms with Crippen molar-refractivity contribution in [3.63, 3.8) is 0 Å². The van der Waals surface area contributed by atoms with E-state index >= 15 is 0 Å². The van der Waals surface area contributed by atoms with Gasteiger partial charge in [0, 0.05) is 12.2 Å². The van der Waals surface area contributed by atoms with E-state index in [-0.39, 0.29) is 0 Å². The van der Waals surface area contributed by atoms with E-state index in [4.69, 9.17) is 4.74 Å². The number of benzene rings is 1. The van der Waals surface area contributed by atoms with Crippen LogP contribution in [0.5, 0.6) is 5.75 Å². The molecule has 5 heteroatoms. The molecule has 0 aliphatic heterocycles. The highest BCUT2D eigenvalue weighted by Crippen LogP contribution is 2.20. The van der Waals surface area contributed by atoms with E-state index in [1.54, 1.807) is 11.8 Å². The van der Waals surface area contributed by atoms with Gasteiger partial charge in [0.2, 0.25) is 5.16 Å². The Morgan fingerprint density at radius 1 is 1.32 bits per heavy atom. The van der Waals surface area contributed by atoms with Crippen LogP contribution in [0.3, 0.4) is 0 Å². The van der Waals surface area contributed by atoms with E-state index in [0.717, 1.165) is 28.9 Å². The highest BCUT2D eigenvalue weighted by molar-refractivity contribution is 7.99. The molecule has 0 saturated carbocycles. The van der Waals surface area contributed by atoms with Gasteiger partial charge in [-0.05, 0) is 31.0 Å². The third-order valence-corrected chi connectivity index (χ3v) is 3.57. The molecule has 0 saturated heterocycles. The molecule has 1 aromatic carbocycles. The minimum absolute atomic E-state index is 0.658. The van der Waals surface area contributed by atoms with Crippen LogP contribution in [0.2, 0.25) is 0 Å². The van der Waals surface area contributed by atoms with Gasteiger partial charge >= 0.3 is 0 Å². The van der Waals surface area contributed by atoms with Crippen molar-refractivity contribution < 1.29 is 4.74 Å². The predicted octanol–water partition coefficient (Wildman–Crippen LogP) is 3.16. The van der Waals surface area contributed by atoms with Crippen molar-refractivity contribution in [1.29, 1.82) is 0 Å². The van der Waals surface area contributed by atoms with Crippen LogP contribution in [0.15, 0.2) is 23.4 Å². The third kappa shape index (κ3) is 3.99. The first-order chi connectivity index (χ1) is 9.19. The molecule has 1 N–H and O–H groups in total. The minimum Gasteiger partial charge on any atom is -0.492 e. The maximum absolute atomic E-state index is 5.79. The minimum atomic E-state index is 0.658. The highest BCUT2D eigenvalue weighted by Gasteiger charge is 2.03. The number of ether oxygens (including phenoxy) is 1. The molecule has 102 valence electrons. The van der Waals surface area contributed by atoms with Gasteiger partial charge in [-0.1, -0.05) is 30.8 Å². The second-order valence-electron chi connectivity index (χ2n) is 4.38. The zero-order valence-corrected chi connectivity index (χ0v) is 12.4. The molecule has 0 spiro atoms. The van der Waals surface area contributed by atoms with Crippen molar-refractivity contribution >= 4 is 11.8 Å². The standard InChI is InChI=1S/C14H19N3OS/c1-4-13-15-14(17-16-13)19-8-7-18-12-9-10(2)5-6-11(12)3/h5-6,9H,4,7-8H2,1-3H3,(H,15,16,17). The van der Waals surface area contributed by atoms with Gasteiger partial charge in [-0.3, -0.25) is 5.10 Å². The van der Waals surface area contributed by atoms with Crippen molar-refractivity contribution in [3.05, 3.63) is 35.2 Å². The lowest BCUT2D eigenvalue weighted by Crippen LogP contribution is -2.02. The summed E-state index contributed by atoms with van der Waals surface area (Å²) in [5.41, 5.74) is 2.39. The predicted molar refractivity (Wildman–Crippen MR) is 77.9 cm³/mol. The average Bonchev–Trinajstić information content (AvgIpc) is 2.86. The van der Waals surface area contributed by atoms with Crippen LogP contribution in [-0.2, 0) is 6.42 Å². The molecule has 0 unspecified atom stereocenters. The molecule has 2 rings (SSSR count). The van der Waals surface area contributed by atoms with Crippen LogP contribution in [0.4, 0.5) is 0 Å². The number of aromatic nitrogens is 3. The van der Waals surface area contributed by atoms with Crippen molar-refractivity contribution in [2.45, 2.75) is 32.3 Å². The number of nitrogens with zero attached hydrogens (tertiary/aromatic N) is 2. The normalized spacial score (nSPS) is 10.7. The number of H-pyrrole nitrogens is 1. The molecule has 19 heavy (non-hydrogen) atoms. The number of nitrogens with one attached hydrogen (secondary N) is 1. The molecule has 0 amide bonds. The van der Waals surface area contributed by atoms with Crippen LogP contribution in [-0.4, -0.2) is 27.5 Å². The van der Waals surface area contributed by atoms with Gasteiger partial charge in [-0.25, -0.2) is 4.98 Å². The average molecular weight is 277 g/mol. The van der Waals surface area contributed by atoms with E-state index in [2.05, 4.69) is 54.2 Å². The zero-order valence-electron chi connectivity index (χ0n) is 11.6. The molecule has 1 heterocycles. The van der Waals surface area contributed by atoms with Gasteiger partial charge in [-0.2, -0.15) is 0 Å². The zero-order chi connectivity index (χ0) is 13.7. The Bertz CT molecular complexity index is 539. The quantitative estimate of drug-likeness (QED) is 0.651. The summed E-state index contributed by atoms with van der Waals surface area (Å²) < 4.78 is 5.79. The van der Waals surface area contributed by atoms with E-state index in [0.29, 0.717) is 6.61 Å². The van der Waals surface area contributed by atoms with Crippen LogP contribution < -0.4 is 4.74 Å². The van der Waals surface area contributed by atoms with Gasteiger partial charge in [-0.15, -0.1) is 5.10 Å². The van der Waals surface area contributed by atoms with Crippen LogP contribution in [0.25, 0.3) is 0 Å². The van der Waals surface area contributed by atoms with Crippen LogP contribution in [0, 0.1) is 13.8 Å². The SMILES string of the molecule is CCc1nc(SCCOc2cc(C)ccc2C)n[nH]1. The van der Waals surface area contributed by atoms with E-state index in [9.17, 15) is 0 Å². The Kier molecular flexibility index (Phi) is 4.85. The maximum Gasteiger partial charge on any atom is 0.208 e. The molecule has 0 atom stereocenters. The van der Waals surface area contributed by atoms with Crippen LogP contribution >= 0.6 is 11.8 Å². The number of thioether (sulfide) groups is 1. The number of aromatic amines is 1. The van der Waals surface area contributed by atoms with E-state index < -0.39 is 0 Å². The summed E-state index contributed by atoms with van der Waals surface area (Å²) in [5, 5.41) is 7.84. The molecule has 0 fully saturated rings. The number of rotatable bonds is 6. The monoisotopic (exact) mass is 277 g/mol. The van der Waals surface area contributed by atoms with Crippen molar-refractivity contribution in [1.82, 2.24) is 15.2 Å². The first-order valence-corrected chi connectivity index (χ1v) is 7.41. The van der Waals surface area contributed by atoms with Gasteiger partial charge in [0.1, 0.15) is 11.6 Å². The Labute approximate surface area is 118 Å². The lowest BCUT2D eigenvalue weighted by molar-refractivity contribution is 0.341. The second kappa shape index (κ2) is 6.61. The van der Waals surface area contributed by atoms with Gasteiger partial charge < -0.3 is 4.74 Å². The molecule has 0 radical (unpaired) electrons. The molecule has 0 aliphatic carbocycles. The molecule has 4 nitrogen and oxygen atoms in total. The highest BCUT2D eigenvalue weighted by atomic mass is 32.2. The smallest absolute Gasteiger partial charge is 0.208 e. The number of aryl methyl sites for hydroxylation is 3. The topological polar surface area (TPSA) is 50.8 Å². The first kappa shape index (κ1) is 13.9. The first-order valence-electron chi connectivity index (χ1n) is 6.43. The van der Waals surface area contributed by atoms with Gasteiger partial charge in [0.15, 0.2) is 0 Å². The summed E-state index contributed by atoms with van der Waals surface area (Å²) in [6.45, 7) is 6.84. The Hall–Kier alpha value is -1.49. The maximum atomic E-state index is 5.79. The lowest BCUT2D eigenvalue weighted by Gasteiger charge is -2.09. The fourth-order valence-corrected chi connectivity index (χ4v) is 2.28. The number of hydrogen-bond acceptors (Lipinski definition) is 4. The second-order valence-corrected chi connectivity index (χ2v) is 5.45. The lowest BCUT2D eigenvalue weighted by atomic mass is 10.1. The van der Waals surface area contributed by atoms with Crippen molar-refractivity contribution in [2.75, 3.05) is 12.4 Å². The summed E-state index contributed by atoms with van der Waals surface area (Å²) in [4.78, 5) is 4.35. The fraction of sp³-hybridized carbons (Fsp3) is 0.429. The summed E-state index contributed by atoms with van der Waals surface area (Å²) in [6, 6.07) is 6.25. The Morgan fingerprint density at radius 3 is 2.89 bits per heavy atom. The molecular formula is C14H19N3OS. The molecule has 0 bridgehead atoms. The van der Waals surface area contributed by atoms with Crippen molar-refractivity contribution in [2.24, 2.45) is 0 Å². The molecule has 1 aromatic heterocycles. The van der Waals surface area contributed by atoms with Crippen LogP contribution in [0.1, 0.15) is 23.9 Å². The van der Waals surface area contributed by atoms with Crippen molar-refractivity contribution in [3.8, 4) is 5.75 Å². The van der Waals surface area contributed by atoms with Gasteiger partial charge in [0.25, 0.3) is 0 Å².